The molecule has 8 heavy (non-hydrogen) atoms. The van der Waals surface area contributed by atoms with Gasteiger partial charge in [-0.25, -0.2) is 12.9 Å². The molecule has 0 bridgehead atoms. The summed E-state index contributed by atoms with van der Waals surface area (Å²) in [6.07, 6.45) is 4.59. The van der Waals surface area contributed by atoms with Crippen molar-refractivity contribution in [3.8, 4) is 0 Å². The fourth-order valence-electron chi connectivity index (χ4n) is 0.333. The van der Waals surface area contributed by atoms with Crippen molar-refractivity contribution in [2.75, 3.05) is 0 Å². The summed E-state index contributed by atoms with van der Waals surface area (Å²) in [5.41, 5.74) is 0. The smallest absolute Gasteiger partial charge is 0.265 e. The predicted molar refractivity (Wildman–Crippen MR) is 33.3 cm³/mol. The molecule has 0 aliphatic rings. The third-order valence-corrected chi connectivity index (χ3v) is 0.848. The highest BCUT2D eigenvalue weighted by atomic mass is 32.1. The Kier molecular flexibility index (Phi) is 6.20. The van der Waals surface area contributed by atoms with E-state index < -0.39 is 0 Å². The molecule has 0 saturated heterocycles. The second-order valence-corrected chi connectivity index (χ2v) is 1.55. The summed E-state index contributed by atoms with van der Waals surface area (Å²) in [5.74, 6) is 0. The average molecular weight is 132 g/mol. The van der Waals surface area contributed by atoms with Crippen LogP contribution in [0.25, 0.3) is 0 Å². The van der Waals surface area contributed by atoms with Crippen LogP contribution in [0.4, 0.5) is 0 Å². The Labute approximate surface area is 54.2 Å². The van der Waals surface area contributed by atoms with Crippen molar-refractivity contribution in [2.45, 2.75) is 19.3 Å². The zero-order valence-corrected chi connectivity index (χ0v) is 5.32. The van der Waals surface area contributed by atoms with Crippen molar-refractivity contribution in [1.29, 1.82) is 0 Å². The molecule has 0 aromatic heterocycles. The van der Waals surface area contributed by atoms with E-state index in [0.29, 0.717) is 6.42 Å². The van der Waals surface area contributed by atoms with E-state index in [1.807, 2.05) is 0 Å². The fourth-order valence-corrected chi connectivity index (χ4v) is 0.429. The number of aldehydes is 2. The minimum atomic E-state index is 0.592. The van der Waals surface area contributed by atoms with E-state index in [0.717, 1.165) is 19.1 Å². The van der Waals surface area contributed by atoms with Crippen LogP contribution in [0.2, 0.25) is 0 Å². The molecule has 0 heterocycles. The number of carbonyl (C=O) groups is 1. The molecular weight excluding hydrogens is 124 g/mol. The normalized spacial score (nSPS) is 10.0. The minimum Gasteiger partial charge on any atom is -0.360 e. The number of carbonyl (C=O) groups excluding carboxylic acids is 2. The van der Waals surface area contributed by atoms with E-state index in [1.54, 1.807) is 0 Å². The largest absolute Gasteiger partial charge is 0.360 e. The van der Waals surface area contributed by atoms with Gasteiger partial charge >= 0.3 is 0 Å². The molecule has 0 fully saturated rings. The summed E-state index contributed by atoms with van der Waals surface area (Å²) in [7, 11) is 0. The summed E-state index contributed by atoms with van der Waals surface area (Å²) in [4.78, 5) is 9.69. The van der Waals surface area contributed by atoms with Crippen molar-refractivity contribution in [1.82, 2.24) is 0 Å². The number of unbranched alkanes of at least 4 members (excludes halogenated alkanes) is 2. The van der Waals surface area contributed by atoms with E-state index in [4.69, 9.17) is 0 Å². The van der Waals surface area contributed by atoms with Gasteiger partial charge in [0.25, 0.3) is 6.29 Å². The van der Waals surface area contributed by atoms with Crippen LogP contribution in [-0.2, 0) is 21.6 Å². The van der Waals surface area contributed by atoms with Gasteiger partial charge in [0, 0.05) is 6.42 Å². The lowest BCUT2D eigenvalue weighted by molar-refractivity contribution is -0.235. The van der Waals surface area contributed by atoms with Gasteiger partial charge in [0.1, 0.15) is 6.29 Å². The monoisotopic (exact) mass is 132 g/mol. The molecule has 0 amide bonds. The van der Waals surface area contributed by atoms with Crippen LogP contribution >= 0.6 is 0 Å². The van der Waals surface area contributed by atoms with Crippen LogP contribution in [0.5, 0.6) is 0 Å². The highest BCUT2D eigenvalue weighted by molar-refractivity contribution is 7.50. The summed E-state index contributed by atoms with van der Waals surface area (Å²) >= 11 is 4.16. The van der Waals surface area contributed by atoms with Crippen LogP contribution in [0.3, 0.4) is 0 Å². The molecule has 0 aromatic rings. The SMILES string of the molecule is O=CCCCC=[O+][S-]. The van der Waals surface area contributed by atoms with Gasteiger partial charge in [-0.05, 0) is 6.42 Å². The molecular formula is C5H8O2S. The Morgan fingerprint density at radius 3 is 2.75 bits per heavy atom. The molecule has 0 saturated carbocycles. The Hall–Kier alpha value is -0.440. The average Bonchev–Trinajstić information content (AvgIpc) is 1.81. The van der Waals surface area contributed by atoms with Crippen molar-refractivity contribution >= 4 is 25.5 Å². The molecule has 0 atom stereocenters. The zero-order valence-electron chi connectivity index (χ0n) is 4.50. The molecule has 0 aliphatic heterocycles. The van der Waals surface area contributed by atoms with Crippen molar-refractivity contribution < 1.29 is 8.67 Å². The van der Waals surface area contributed by atoms with Crippen LogP contribution in [0, 0.1) is 0 Å². The highest BCUT2D eigenvalue weighted by Crippen LogP contribution is 1.86. The van der Waals surface area contributed by atoms with Gasteiger partial charge in [0.15, 0.2) is 0 Å². The lowest BCUT2D eigenvalue weighted by Gasteiger charge is -1.78. The first kappa shape index (κ1) is 7.56. The zero-order chi connectivity index (χ0) is 6.24. The lowest BCUT2D eigenvalue weighted by atomic mass is 10.3. The van der Waals surface area contributed by atoms with E-state index in [-0.39, 0.29) is 0 Å². The van der Waals surface area contributed by atoms with E-state index in [1.165, 1.54) is 6.29 Å². The van der Waals surface area contributed by atoms with Gasteiger partial charge < -0.3 is 8.67 Å². The highest BCUT2D eigenvalue weighted by Gasteiger charge is 1.84. The van der Waals surface area contributed by atoms with Gasteiger partial charge in [-0.3, -0.25) is 0 Å². The summed E-state index contributed by atoms with van der Waals surface area (Å²) in [5, 5.41) is 0. The molecule has 0 radical (unpaired) electrons. The van der Waals surface area contributed by atoms with E-state index in [2.05, 4.69) is 16.8 Å². The fraction of sp³-hybridized carbons (Fsp3) is 0.600. The summed E-state index contributed by atoms with van der Waals surface area (Å²) in [6, 6.07) is 0. The third kappa shape index (κ3) is 5.56. The summed E-state index contributed by atoms with van der Waals surface area (Å²) < 4.78 is 4.23. The first-order valence-corrected chi connectivity index (χ1v) is 2.79. The maximum atomic E-state index is 9.69. The van der Waals surface area contributed by atoms with Crippen LogP contribution < -0.4 is 0 Å². The Morgan fingerprint density at radius 1 is 1.50 bits per heavy atom. The molecule has 2 nitrogen and oxygen atoms in total. The minimum absolute atomic E-state index is 0.592. The van der Waals surface area contributed by atoms with Crippen molar-refractivity contribution in [3.05, 3.63) is 0 Å². The molecule has 0 aliphatic carbocycles. The van der Waals surface area contributed by atoms with Gasteiger partial charge in [-0.15, -0.1) is 0 Å². The molecule has 46 valence electrons. The lowest BCUT2D eigenvalue weighted by Crippen LogP contribution is -1.79. The quantitative estimate of drug-likeness (QED) is 0.242. The predicted octanol–water partition coefficient (Wildman–Crippen LogP) is 0.552. The van der Waals surface area contributed by atoms with Gasteiger partial charge in [0.05, 0.1) is 6.42 Å². The first-order chi connectivity index (χ1) is 3.91. The Bertz CT molecular complexity index is 80.5. The Balaban J connectivity index is 2.82. The van der Waals surface area contributed by atoms with E-state index >= 15 is 0 Å². The summed E-state index contributed by atoms with van der Waals surface area (Å²) in [6.45, 7) is 0. The van der Waals surface area contributed by atoms with Crippen LogP contribution in [-0.4, -0.2) is 12.6 Å². The second-order valence-electron chi connectivity index (χ2n) is 1.36. The maximum absolute atomic E-state index is 9.69. The molecule has 0 N–H and O–H groups in total. The third-order valence-electron chi connectivity index (χ3n) is 0.712. The molecule has 0 rings (SSSR count). The van der Waals surface area contributed by atoms with Gasteiger partial charge in [-0.2, -0.15) is 0 Å². The van der Waals surface area contributed by atoms with Crippen LogP contribution in [0.1, 0.15) is 19.3 Å². The van der Waals surface area contributed by atoms with Gasteiger partial charge in [-0.1, -0.05) is 0 Å². The van der Waals surface area contributed by atoms with Crippen molar-refractivity contribution in [3.63, 3.8) is 0 Å². The second kappa shape index (κ2) is 6.56. The van der Waals surface area contributed by atoms with Crippen LogP contribution in [0.15, 0.2) is 0 Å². The standard InChI is InChI=1S/C5H8O2S/c6-4-2-1-3-5-7-8/h4-5H,1-3H2. The van der Waals surface area contributed by atoms with E-state index in [9.17, 15) is 4.79 Å². The molecule has 0 spiro atoms. The Morgan fingerprint density at radius 2 is 2.25 bits per heavy atom. The maximum Gasteiger partial charge on any atom is 0.265 e. The number of hydrogen-bond acceptors (Lipinski definition) is 2. The topological polar surface area (TPSA) is 28.4 Å². The first-order valence-electron chi connectivity index (χ1n) is 2.45. The number of rotatable bonds is 4. The molecule has 0 aromatic carbocycles. The molecule has 3 heteroatoms. The van der Waals surface area contributed by atoms with Gasteiger partial charge in [0.2, 0.25) is 0 Å². The van der Waals surface area contributed by atoms with Crippen molar-refractivity contribution in [2.24, 2.45) is 0 Å². The number of hydrogen-bond donors (Lipinski definition) is 0. The molecule has 0 unspecified atom stereocenters.